The summed E-state index contributed by atoms with van der Waals surface area (Å²) in [5.74, 6) is -0.706. The highest BCUT2D eigenvalue weighted by molar-refractivity contribution is 5.80. The van der Waals surface area contributed by atoms with Crippen LogP contribution >= 0.6 is 0 Å². The quantitative estimate of drug-likeness (QED) is 0.0215. The minimum atomic E-state index is -1.67. The van der Waals surface area contributed by atoms with Crippen LogP contribution in [0.2, 0.25) is 0 Å². The van der Waals surface area contributed by atoms with Gasteiger partial charge >= 0.3 is 0 Å². The molecule has 1 fully saturated rings. The zero-order valence-corrected chi connectivity index (χ0v) is 53.5. The predicted molar refractivity (Wildman–Crippen MR) is 344 cm³/mol. The lowest BCUT2D eigenvalue weighted by Gasteiger charge is -2.40. The molecule has 0 radical (unpaired) electrons. The van der Waals surface area contributed by atoms with Crippen LogP contribution in [0.1, 0.15) is 341 Å². The molecule has 82 heavy (non-hydrogen) atoms. The van der Waals surface area contributed by atoms with Crippen LogP contribution in [0, 0.1) is 0 Å². The van der Waals surface area contributed by atoms with Crippen molar-refractivity contribution in [2.24, 2.45) is 0 Å². The molecule has 0 aromatic rings. The van der Waals surface area contributed by atoms with Crippen LogP contribution in [0.3, 0.4) is 0 Å². The largest absolute Gasteiger partial charge is 0.394 e. The first-order valence-electron chi connectivity index (χ1n) is 35.4. The molecule has 1 aliphatic heterocycles. The summed E-state index contributed by atoms with van der Waals surface area (Å²) in [6.45, 7) is 3.49. The van der Waals surface area contributed by atoms with Crippen molar-refractivity contribution < 1.29 is 50.0 Å². The summed E-state index contributed by atoms with van der Waals surface area (Å²) < 4.78 is 11.2. The molecule has 9 atom stereocenters. The molecule has 0 saturated carbocycles. The molecule has 484 valence electrons. The number of hydrogen-bond acceptors (Lipinski definition) is 10. The van der Waals surface area contributed by atoms with E-state index in [0.717, 1.165) is 44.9 Å². The minimum absolute atomic E-state index is 0.243. The summed E-state index contributed by atoms with van der Waals surface area (Å²) in [6, 6.07) is -1.19. The number of rotatable bonds is 62. The van der Waals surface area contributed by atoms with E-state index in [1.807, 2.05) is 0 Å². The van der Waals surface area contributed by atoms with Crippen LogP contribution < -0.4 is 5.32 Å². The third-order valence-corrected chi connectivity index (χ3v) is 17.2. The lowest BCUT2D eigenvalue weighted by molar-refractivity contribution is -0.303. The standard InChI is InChI=1S/C71H135NO10/c1-3-5-7-9-11-13-15-17-19-21-23-25-27-29-30-31-32-33-34-35-37-39-41-43-45-47-49-51-53-55-57-59-64(75)70(80)72-62(61-81-71-69(79)68(78)67(77)65(60-73)82-71)66(76)63(74)58-56-54-52-50-48-46-44-42-40-38-36-28-26-24-22-20-18-16-14-12-10-8-6-4-2/h28,36,42,44,50,52,62-69,71,73-79H,3-27,29-35,37-41,43,45-49,51,53-61H2,1-2H3,(H,72,80)/b36-28+,44-42+,52-50+. The van der Waals surface area contributed by atoms with Crippen molar-refractivity contribution in [3.63, 3.8) is 0 Å². The number of unbranched alkanes of at least 4 members (excludes halogenated alkanes) is 44. The second-order valence-corrected chi connectivity index (χ2v) is 24.9. The fourth-order valence-electron chi connectivity index (χ4n) is 11.5. The minimum Gasteiger partial charge on any atom is -0.394 e. The summed E-state index contributed by atoms with van der Waals surface area (Å²) in [7, 11) is 0. The summed E-state index contributed by atoms with van der Waals surface area (Å²) in [4.78, 5) is 13.2. The Balaban J connectivity index is 2.21. The van der Waals surface area contributed by atoms with Gasteiger partial charge in [-0.15, -0.1) is 0 Å². The van der Waals surface area contributed by atoms with Gasteiger partial charge in [0.05, 0.1) is 25.4 Å². The average molecular weight is 1160 g/mol. The number of hydrogen-bond donors (Lipinski definition) is 8. The third kappa shape index (κ3) is 46.5. The number of ether oxygens (including phenoxy) is 2. The van der Waals surface area contributed by atoms with Gasteiger partial charge in [-0.05, 0) is 64.2 Å². The van der Waals surface area contributed by atoms with Crippen molar-refractivity contribution >= 4 is 5.91 Å². The smallest absolute Gasteiger partial charge is 0.249 e. The van der Waals surface area contributed by atoms with Crippen molar-refractivity contribution in [2.45, 2.75) is 396 Å². The molecule has 8 N–H and O–H groups in total. The Morgan fingerprint density at radius 2 is 0.732 bits per heavy atom. The Labute approximate surface area is 505 Å². The first kappa shape index (κ1) is 78.3. The second kappa shape index (κ2) is 59.7. The van der Waals surface area contributed by atoms with Gasteiger partial charge in [-0.2, -0.15) is 0 Å². The van der Waals surface area contributed by atoms with Crippen molar-refractivity contribution in [2.75, 3.05) is 13.2 Å². The highest BCUT2D eigenvalue weighted by atomic mass is 16.7. The van der Waals surface area contributed by atoms with E-state index in [1.165, 1.54) is 250 Å². The number of carbonyl (C=O) groups is 1. The lowest BCUT2D eigenvalue weighted by Crippen LogP contribution is -2.60. The average Bonchev–Trinajstić information content (AvgIpc) is 3.53. The number of carbonyl (C=O) groups excluding carboxylic acids is 1. The lowest BCUT2D eigenvalue weighted by atomic mass is 9.98. The zero-order chi connectivity index (χ0) is 59.6. The Morgan fingerprint density at radius 1 is 0.415 bits per heavy atom. The number of amides is 1. The van der Waals surface area contributed by atoms with E-state index in [1.54, 1.807) is 0 Å². The van der Waals surface area contributed by atoms with Crippen LogP contribution in [0.4, 0.5) is 0 Å². The summed E-state index contributed by atoms with van der Waals surface area (Å²) >= 11 is 0. The van der Waals surface area contributed by atoms with Crippen LogP contribution in [-0.4, -0.2) is 110 Å². The van der Waals surface area contributed by atoms with Gasteiger partial charge < -0.3 is 50.5 Å². The molecule has 0 aromatic heterocycles. The Kier molecular flexibility index (Phi) is 57.0. The Hall–Kier alpha value is -1.67. The Morgan fingerprint density at radius 3 is 1.09 bits per heavy atom. The summed E-state index contributed by atoms with van der Waals surface area (Å²) in [5, 5.41) is 76.4. The highest BCUT2D eigenvalue weighted by Gasteiger charge is 2.44. The van der Waals surface area contributed by atoms with E-state index in [4.69, 9.17) is 9.47 Å². The fourth-order valence-corrected chi connectivity index (χ4v) is 11.5. The molecule has 0 aliphatic carbocycles. The molecule has 11 heteroatoms. The third-order valence-electron chi connectivity index (χ3n) is 17.2. The fraction of sp³-hybridized carbons (Fsp3) is 0.901. The maximum Gasteiger partial charge on any atom is 0.249 e. The van der Waals surface area contributed by atoms with E-state index in [0.29, 0.717) is 19.3 Å². The van der Waals surface area contributed by atoms with Crippen molar-refractivity contribution in [3.05, 3.63) is 36.5 Å². The van der Waals surface area contributed by atoms with Crippen LogP contribution in [0.15, 0.2) is 36.5 Å². The molecule has 0 aromatic carbocycles. The normalized spacial score (nSPS) is 19.3. The first-order valence-corrected chi connectivity index (χ1v) is 35.4. The van der Waals surface area contributed by atoms with E-state index in [-0.39, 0.29) is 12.8 Å². The van der Waals surface area contributed by atoms with Gasteiger partial charge in [-0.1, -0.05) is 314 Å². The molecule has 1 heterocycles. The van der Waals surface area contributed by atoms with Gasteiger partial charge in [0.25, 0.3) is 0 Å². The molecular formula is C71H135NO10. The van der Waals surface area contributed by atoms with Crippen molar-refractivity contribution in [1.82, 2.24) is 5.32 Å². The van der Waals surface area contributed by atoms with Gasteiger partial charge in [0.2, 0.25) is 5.91 Å². The second-order valence-electron chi connectivity index (χ2n) is 24.9. The molecule has 1 aliphatic rings. The summed E-state index contributed by atoms with van der Waals surface area (Å²) in [6.07, 6.45) is 65.2. The maximum atomic E-state index is 13.2. The van der Waals surface area contributed by atoms with Crippen LogP contribution in [-0.2, 0) is 14.3 Å². The maximum absolute atomic E-state index is 13.2. The first-order chi connectivity index (χ1) is 40.2. The van der Waals surface area contributed by atoms with E-state index >= 15 is 0 Å². The molecule has 0 spiro atoms. The van der Waals surface area contributed by atoms with E-state index < -0.39 is 74.2 Å². The summed E-state index contributed by atoms with van der Waals surface area (Å²) in [5.41, 5.74) is 0. The molecular weight excluding hydrogens is 1030 g/mol. The molecule has 0 bridgehead atoms. The van der Waals surface area contributed by atoms with E-state index in [9.17, 15) is 40.5 Å². The number of nitrogens with one attached hydrogen (secondary N) is 1. The molecule has 1 amide bonds. The topological polar surface area (TPSA) is 189 Å². The molecule has 11 nitrogen and oxygen atoms in total. The Bertz CT molecular complexity index is 1430. The van der Waals surface area contributed by atoms with Gasteiger partial charge in [0.15, 0.2) is 6.29 Å². The van der Waals surface area contributed by atoms with Gasteiger partial charge in [0.1, 0.15) is 36.6 Å². The SMILES string of the molecule is CCCCCCCCCCCCC/C=C/CC/C=C/CC/C=C/CCCC(O)C(O)C(COC1OC(CO)C(O)C(O)C1O)NC(=O)C(O)CCCCCCCCCCCCCCCCCCCCCCCCCCCCCCCCC. The van der Waals surface area contributed by atoms with Crippen molar-refractivity contribution in [1.29, 1.82) is 0 Å². The van der Waals surface area contributed by atoms with Gasteiger partial charge in [-0.3, -0.25) is 4.79 Å². The van der Waals surface area contributed by atoms with Crippen LogP contribution in [0.5, 0.6) is 0 Å². The van der Waals surface area contributed by atoms with Gasteiger partial charge in [0, 0.05) is 0 Å². The van der Waals surface area contributed by atoms with Crippen LogP contribution in [0.25, 0.3) is 0 Å². The highest BCUT2D eigenvalue weighted by Crippen LogP contribution is 2.24. The number of aliphatic hydroxyl groups is 7. The molecule has 1 rings (SSSR count). The molecule has 1 saturated heterocycles. The van der Waals surface area contributed by atoms with Crippen molar-refractivity contribution in [3.8, 4) is 0 Å². The van der Waals surface area contributed by atoms with E-state index in [2.05, 4.69) is 55.6 Å². The zero-order valence-electron chi connectivity index (χ0n) is 53.5. The monoisotopic (exact) mass is 1160 g/mol. The van der Waals surface area contributed by atoms with Gasteiger partial charge in [-0.25, -0.2) is 0 Å². The number of aliphatic hydroxyl groups excluding tert-OH is 7. The number of allylic oxidation sites excluding steroid dienone is 6. The molecule has 9 unspecified atom stereocenters. The predicted octanol–water partition coefficient (Wildman–Crippen LogP) is 17.0.